The molecule has 0 aliphatic carbocycles. The summed E-state index contributed by atoms with van der Waals surface area (Å²) >= 11 is 0. The minimum Gasteiger partial charge on any atom is -0.480 e. The molecule has 8 heteroatoms. The molecule has 4 rings (SSSR count). The van der Waals surface area contributed by atoms with Crippen LogP contribution in [0.5, 0.6) is 0 Å². The quantitative estimate of drug-likeness (QED) is 0.750. The number of rotatable bonds is 3. The van der Waals surface area contributed by atoms with Crippen molar-refractivity contribution in [3.63, 3.8) is 0 Å². The first-order chi connectivity index (χ1) is 13.4. The fourth-order valence-corrected chi connectivity index (χ4v) is 3.44. The summed E-state index contributed by atoms with van der Waals surface area (Å²) in [5.74, 6) is -0.237. The first-order valence-electron chi connectivity index (χ1n) is 8.88. The first-order valence-corrected chi connectivity index (χ1v) is 8.88. The lowest BCUT2D eigenvalue weighted by molar-refractivity contribution is -0.143. The molecule has 1 amide bonds. The van der Waals surface area contributed by atoms with E-state index in [2.05, 4.69) is 15.2 Å². The number of benzene rings is 1. The van der Waals surface area contributed by atoms with E-state index in [1.807, 2.05) is 31.2 Å². The molecule has 0 saturated heterocycles. The van der Waals surface area contributed by atoms with E-state index in [4.69, 9.17) is 0 Å². The molecule has 1 aliphatic rings. The molecule has 0 saturated carbocycles. The maximum Gasteiger partial charge on any atom is 0.328 e. The highest BCUT2D eigenvalue weighted by Crippen LogP contribution is 2.24. The van der Waals surface area contributed by atoms with E-state index < -0.39 is 12.0 Å². The second kappa shape index (κ2) is 6.88. The SMILES string of the molecule is Cc1cccc(-c2cncc(C(=O)N3Cc4nnc(C)n4CC3C(=O)O)c2)c1. The Morgan fingerprint density at radius 1 is 1.11 bits per heavy atom. The fraction of sp³-hybridized carbons (Fsp3) is 0.250. The molecule has 1 aliphatic heterocycles. The highest BCUT2D eigenvalue weighted by Gasteiger charge is 2.36. The summed E-state index contributed by atoms with van der Waals surface area (Å²) in [5, 5.41) is 17.7. The van der Waals surface area contributed by atoms with Crippen LogP contribution in [0.25, 0.3) is 11.1 Å². The van der Waals surface area contributed by atoms with Crippen molar-refractivity contribution in [1.82, 2.24) is 24.6 Å². The molecule has 28 heavy (non-hydrogen) atoms. The van der Waals surface area contributed by atoms with Gasteiger partial charge in [0.1, 0.15) is 11.9 Å². The Morgan fingerprint density at radius 2 is 1.93 bits per heavy atom. The Morgan fingerprint density at radius 3 is 2.68 bits per heavy atom. The molecular formula is C20H19N5O3. The third kappa shape index (κ3) is 3.13. The number of aromatic nitrogens is 4. The summed E-state index contributed by atoms with van der Waals surface area (Å²) in [6, 6.07) is 8.65. The van der Waals surface area contributed by atoms with Crippen molar-refractivity contribution in [2.45, 2.75) is 33.0 Å². The highest BCUT2D eigenvalue weighted by molar-refractivity contribution is 5.97. The van der Waals surface area contributed by atoms with E-state index >= 15 is 0 Å². The fourth-order valence-electron chi connectivity index (χ4n) is 3.44. The van der Waals surface area contributed by atoms with Crippen LogP contribution in [0.3, 0.4) is 0 Å². The standard InChI is InChI=1S/C20H19N5O3/c1-12-4-3-5-14(6-12)15-7-16(9-21-8-15)19(26)25-11-18-23-22-13(2)24(18)10-17(25)20(27)28/h3-9,17H,10-11H2,1-2H3,(H,27,28). The smallest absolute Gasteiger partial charge is 0.328 e. The van der Waals surface area contributed by atoms with Gasteiger partial charge in [-0.2, -0.15) is 0 Å². The molecule has 8 nitrogen and oxygen atoms in total. The van der Waals surface area contributed by atoms with Gasteiger partial charge in [-0.3, -0.25) is 9.78 Å². The Hall–Kier alpha value is -3.55. The van der Waals surface area contributed by atoms with Gasteiger partial charge in [-0.05, 0) is 25.5 Å². The van der Waals surface area contributed by atoms with E-state index in [1.165, 1.54) is 11.1 Å². The minimum absolute atomic E-state index is 0.0886. The van der Waals surface area contributed by atoms with Crippen LogP contribution in [0, 0.1) is 13.8 Å². The number of aryl methyl sites for hydroxylation is 2. The Labute approximate surface area is 161 Å². The summed E-state index contributed by atoms with van der Waals surface area (Å²) in [6.07, 6.45) is 3.15. The van der Waals surface area contributed by atoms with Crippen molar-refractivity contribution in [2.75, 3.05) is 0 Å². The number of hydrogen-bond acceptors (Lipinski definition) is 5. The van der Waals surface area contributed by atoms with E-state index in [0.717, 1.165) is 16.7 Å². The van der Waals surface area contributed by atoms with Crippen LogP contribution >= 0.6 is 0 Å². The lowest BCUT2D eigenvalue weighted by Crippen LogP contribution is -2.50. The summed E-state index contributed by atoms with van der Waals surface area (Å²) in [6.45, 7) is 3.98. The van der Waals surface area contributed by atoms with Gasteiger partial charge in [0, 0.05) is 18.0 Å². The Kier molecular flexibility index (Phi) is 4.38. The summed E-state index contributed by atoms with van der Waals surface area (Å²) < 4.78 is 1.74. The number of fused-ring (bicyclic) bond motifs is 1. The number of carbonyl (C=O) groups is 2. The largest absolute Gasteiger partial charge is 0.480 e. The normalized spacial score (nSPS) is 15.9. The predicted molar refractivity (Wildman–Crippen MR) is 100 cm³/mol. The van der Waals surface area contributed by atoms with E-state index in [0.29, 0.717) is 17.2 Å². The van der Waals surface area contributed by atoms with Crippen LogP contribution in [-0.4, -0.2) is 47.7 Å². The lowest BCUT2D eigenvalue weighted by atomic mass is 10.0. The van der Waals surface area contributed by atoms with Crippen molar-refractivity contribution in [3.05, 3.63) is 65.5 Å². The number of carbonyl (C=O) groups excluding carboxylic acids is 1. The zero-order valence-corrected chi connectivity index (χ0v) is 15.5. The molecule has 142 valence electrons. The number of pyridine rings is 1. The average molecular weight is 377 g/mol. The number of carboxylic acids is 1. The van der Waals surface area contributed by atoms with Crippen LogP contribution in [0.2, 0.25) is 0 Å². The molecule has 2 aromatic heterocycles. The summed E-state index contributed by atoms with van der Waals surface area (Å²) in [7, 11) is 0. The summed E-state index contributed by atoms with van der Waals surface area (Å²) in [5.41, 5.74) is 3.20. The third-order valence-corrected chi connectivity index (χ3v) is 4.94. The zero-order valence-electron chi connectivity index (χ0n) is 15.5. The number of amides is 1. The van der Waals surface area contributed by atoms with Crippen LogP contribution in [0.4, 0.5) is 0 Å². The second-order valence-electron chi connectivity index (χ2n) is 6.89. The van der Waals surface area contributed by atoms with Crippen LogP contribution in [0.1, 0.15) is 27.6 Å². The van der Waals surface area contributed by atoms with Crippen LogP contribution in [-0.2, 0) is 17.9 Å². The molecule has 1 unspecified atom stereocenters. The molecular weight excluding hydrogens is 358 g/mol. The lowest BCUT2D eigenvalue weighted by Gasteiger charge is -2.33. The molecule has 0 spiro atoms. The van der Waals surface area contributed by atoms with Gasteiger partial charge in [-0.15, -0.1) is 10.2 Å². The predicted octanol–water partition coefficient (Wildman–Crippen LogP) is 2.07. The third-order valence-electron chi connectivity index (χ3n) is 4.94. The maximum atomic E-state index is 13.1. The molecule has 1 N–H and O–H groups in total. The first kappa shape index (κ1) is 17.8. The summed E-state index contributed by atoms with van der Waals surface area (Å²) in [4.78, 5) is 30.5. The van der Waals surface area contributed by atoms with E-state index in [1.54, 1.807) is 23.8 Å². The Bertz CT molecular complexity index is 1080. The Balaban J connectivity index is 1.68. The van der Waals surface area contributed by atoms with E-state index in [9.17, 15) is 14.7 Å². The zero-order chi connectivity index (χ0) is 19.8. The van der Waals surface area contributed by atoms with Crippen molar-refractivity contribution in [2.24, 2.45) is 0 Å². The number of aliphatic carboxylic acids is 1. The van der Waals surface area contributed by atoms with Gasteiger partial charge in [-0.1, -0.05) is 29.8 Å². The molecule has 3 aromatic rings. The topological polar surface area (TPSA) is 101 Å². The van der Waals surface area contributed by atoms with Gasteiger partial charge < -0.3 is 14.6 Å². The number of hydrogen-bond donors (Lipinski definition) is 1. The van der Waals surface area contributed by atoms with Gasteiger partial charge in [0.15, 0.2) is 5.82 Å². The van der Waals surface area contributed by atoms with Crippen LogP contribution < -0.4 is 0 Å². The molecule has 0 radical (unpaired) electrons. The van der Waals surface area contributed by atoms with Crippen molar-refractivity contribution >= 4 is 11.9 Å². The monoisotopic (exact) mass is 377 g/mol. The van der Waals surface area contributed by atoms with Gasteiger partial charge in [0.05, 0.1) is 18.7 Å². The average Bonchev–Trinajstić information content (AvgIpc) is 3.06. The van der Waals surface area contributed by atoms with Gasteiger partial charge in [0.25, 0.3) is 5.91 Å². The van der Waals surface area contributed by atoms with Gasteiger partial charge in [0.2, 0.25) is 0 Å². The van der Waals surface area contributed by atoms with Gasteiger partial charge >= 0.3 is 5.97 Å². The molecule has 0 fully saturated rings. The molecule has 1 aromatic carbocycles. The van der Waals surface area contributed by atoms with Crippen molar-refractivity contribution in [1.29, 1.82) is 0 Å². The molecule has 1 atom stereocenters. The minimum atomic E-state index is -1.06. The second-order valence-corrected chi connectivity index (χ2v) is 6.89. The van der Waals surface area contributed by atoms with E-state index in [-0.39, 0.29) is 19.0 Å². The maximum absolute atomic E-state index is 13.1. The molecule has 0 bridgehead atoms. The van der Waals surface area contributed by atoms with Crippen LogP contribution in [0.15, 0.2) is 42.7 Å². The number of carboxylic acid groups (broad SMARTS) is 1. The highest BCUT2D eigenvalue weighted by atomic mass is 16.4. The van der Waals surface area contributed by atoms with Crippen molar-refractivity contribution < 1.29 is 14.7 Å². The number of nitrogens with zero attached hydrogens (tertiary/aromatic N) is 5. The molecule has 3 heterocycles. The van der Waals surface area contributed by atoms with Gasteiger partial charge in [-0.25, -0.2) is 4.79 Å². The van der Waals surface area contributed by atoms with Crippen molar-refractivity contribution in [3.8, 4) is 11.1 Å².